The lowest BCUT2D eigenvalue weighted by molar-refractivity contribution is -0.143. The Morgan fingerprint density at radius 1 is 0.826 bits per heavy atom. The summed E-state index contributed by atoms with van der Waals surface area (Å²) in [5.74, 6) is 2.43. The van der Waals surface area contributed by atoms with Gasteiger partial charge < -0.3 is 9.80 Å². The Labute approximate surface area is 143 Å². The number of carbonyl (C=O) groups is 2. The van der Waals surface area contributed by atoms with Crippen LogP contribution >= 0.6 is 11.8 Å². The van der Waals surface area contributed by atoms with Crippen LogP contribution in [0.25, 0.3) is 0 Å². The van der Waals surface area contributed by atoms with Crippen LogP contribution in [0.2, 0.25) is 0 Å². The summed E-state index contributed by atoms with van der Waals surface area (Å²) in [5.41, 5.74) is 0. The molecule has 0 radical (unpaired) electrons. The number of nitrogens with zero attached hydrogens (tertiary/aromatic N) is 2. The Morgan fingerprint density at radius 3 is 2.04 bits per heavy atom. The molecule has 5 heteroatoms. The Bertz CT molecular complexity index is 477. The number of hydrogen-bond donors (Lipinski definition) is 0. The summed E-state index contributed by atoms with van der Waals surface area (Å²) in [5, 5.41) is 0. The van der Waals surface area contributed by atoms with Gasteiger partial charge in [0, 0.05) is 37.2 Å². The molecule has 2 amide bonds. The average Bonchev–Trinajstić information content (AvgIpc) is 3.16. The van der Waals surface area contributed by atoms with Gasteiger partial charge in [0.1, 0.15) is 0 Å². The van der Waals surface area contributed by atoms with Crippen molar-refractivity contribution in [1.29, 1.82) is 0 Å². The number of thioether (sulfide) groups is 1. The Balaban J connectivity index is 1.40. The molecule has 4 rings (SSSR count). The highest BCUT2D eigenvalue weighted by Crippen LogP contribution is 2.46. The lowest BCUT2D eigenvalue weighted by atomic mass is 9.84. The molecule has 0 aromatic heterocycles. The summed E-state index contributed by atoms with van der Waals surface area (Å²) in [6, 6.07) is 0. The van der Waals surface area contributed by atoms with Gasteiger partial charge in [0.25, 0.3) is 0 Å². The third kappa shape index (κ3) is 2.79. The van der Waals surface area contributed by atoms with Crippen LogP contribution in [0.5, 0.6) is 0 Å². The van der Waals surface area contributed by atoms with E-state index in [1.165, 1.54) is 19.3 Å². The number of likely N-dealkylation sites (tertiary alicyclic amines) is 1. The fraction of sp³-hybridized carbons (Fsp3) is 0.889. The van der Waals surface area contributed by atoms with E-state index in [-0.39, 0.29) is 10.8 Å². The molecule has 2 aliphatic carbocycles. The molecule has 0 N–H and O–H groups in total. The molecular weight excluding hydrogens is 308 g/mol. The number of carbonyl (C=O) groups excluding carboxylic acids is 2. The first-order valence-corrected chi connectivity index (χ1v) is 10.4. The molecule has 23 heavy (non-hydrogen) atoms. The molecule has 2 aliphatic heterocycles. The molecule has 0 atom stereocenters. The molecule has 4 fully saturated rings. The normalized spacial score (nSPS) is 28.3. The van der Waals surface area contributed by atoms with Crippen molar-refractivity contribution >= 4 is 23.6 Å². The van der Waals surface area contributed by atoms with Gasteiger partial charge >= 0.3 is 0 Å². The van der Waals surface area contributed by atoms with Crippen LogP contribution in [0.1, 0.15) is 57.8 Å². The van der Waals surface area contributed by atoms with Crippen LogP contribution in [0.3, 0.4) is 0 Å². The molecule has 0 bridgehead atoms. The minimum Gasteiger partial charge on any atom is -0.342 e. The molecule has 1 spiro atoms. The minimum atomic E-state index is -0.00390. The first-order valence-electron chi connectivity index (χ1n) is 9.44. The maximum Gasteiger partial charge on any atom is 0.226 e. The molecule has 2 saturated carbocycles. The van der Waals surface area contributed by atoms with Crippen LogP contribution in [-0.4, -0.2) is 51.9 Å². The first kappa shape index (κ1) is 15.8. The van der Waals surface area contributed by atoms with Gasteiger partial charge in [-0.25, -0.2) is 0 Å². The van der Waals surface area contributed by atoms with Crippen LogP contribution in [0, 0.1) is 11.8 Å². The SMILES string of the molecule is O=C(C1CCC1)N1CCC2(CC1)SCCN2C(=O)C1CCCC1. The molecular formula is C18H28N2O2S. The van der Waals surface area contributed by atoms with Crippen molar-refractivity contribution in [1.82, 2.24) is 9.80 Å². The highest BCUT2D eigenvalue weighted by Gasteiger charge is 2.48. The van der Waals surface area contributed by atoms with Gasteiger partial charge in [-0.1, -0.05) is 19.3 Å². The molecule has 2 heterocycles. The van der Waals surface area contributed by atoms with E-state index in [9.17, 15) is 9.59 Å². The van der Waals surface area contributed by atoms with Crippen molar-refractivity contribution in [3.05, 3.63) is 0 Å². The Hall–Kier alpha value is -0.710. The Kier molecular flexibility index (Phi) is 4.33. The summed E-state index contributed by atoms with van der Waals surface area (Å²) in [6.45, 7) is 2.60. The number of piperidine rings is 1. The summed E-state index contributed by atoms with van der Waals surface area (Å²) in [6.07, 6.45) is 9.92. The van der Waals surface area contributed by atoms with Crippen molar-refractivity contribution in [2.45, 2.75) is 62.7 Å². The molecule has 128 valence electrons. The number of amides is 2. The second kappa shape index (κ2) is 6.30. The van der Waals surface area contributed by atoms with Crippen LogP contribution in [-0.2, 0) is 9.59 Å². The maximum atomic E-state index is 12.9. The van der Waals surface area contributed by atoms with E-state index in [2.05, 4.69) is 9.80 Å². The highest BCUT2D eigenvalue weighted by molar-refractivity contribution is 8.00. The minimum absolute atomic E-state index is 0.00390. The van der Waals surface area contributed by atoms with Crippen LogP contribution in [0.4, 0.5) is 0 Å². The average molecular weight is 337 g/mol. The van der Waals surface area contributed by atoms with Gasteiger partial charge in [0.05, 0.1) is 4.87 Å². The van der Waals surface area contributed by atoms with E-state index < -0.39 is 0 Å². The van der Waals surface area contributed by atoms with Gasteiger partial charge in [0.2, 0.25) is 11.8 Å². The van der Waals surface area contributed by atoms with Gasteiger partial charge in [0.15, 0.2) is 0 Å². The van der Waals surface area contributed by atoms with E-state index in [0.717, 1.165) is 63.9 Å². The van der Waals surface area contributed by atoms with Crippen molar-refractivity contribution in [3.63, 3.8) is 0 Å². The summed E-state index contributed by atoms with van der Waals surface area (Å²) in [4.78, 5) is 29.7. The van der Waals surface area contributed by atoms with Crippen LogP contribution < -0.4 is 0 Å². The predicted molar refractivity (Wildman–Crippen MR) is 92.0 cm³/mol. The van der Waals surface area contributed by atoms with E-state index in [4.69, 9.17) is 0 Å². The topological polar surface area (TPSA) is 40.6 Å². The van der Waals surface area contributed by atoms with Gasteiger partial charge in [-0.05, 0) is 38.5 Å². The lowest BCUT2D eigenvalue weighted by Gasteiger charge is -2.45. The van der Waals surface area contributed by atoms with Gasteiger partial charge in [-0.15, -0.1) is 11.8 Å². The van der Waals surface area contributed by atoms with E-state index in [1.54, 1.807) is 0 Å². The third-order valence-electron chi connectivity index (χ3n) is 6.46. The fourth-order valence-electron chi connectivity index (χ4n) is 4.72. The lowest BCUT2D eigenvalue weighted by Crippen LogP contribution is -2.55. The second-order valence-electron chi connectivity index (χ2n) is 7.72. The predicted octanol–water partition coefficient (Wildman–Crippen LogP) is 2.87. The zero-order valence-electron chi connectivity index (χ0n) is 14.0. The number of hydrogen-bond acceptors (Lipinski definition) is 3. The Morgan fingerprint density at radius 2 is 1.43 bits per heavy atom. The van der Waals surface area contributed by atoms with Crippen LogP contribution in [0.15, 0.2) is 0 Å². The molecule has 4 aliphatic rings. The third-order valence-corrected chi connectivity index (χ3v) is 8.01. The quantitative estimate of drug-likeness (QED) is 0.778. The maximum absolute atomic E-state index is 12.9. The van der Waals surface area contributed by atoms with E-state index in [0.29, 0.717) is 17.7 Å². The van der Waals surface area contributed by atoms with Crippen molar-refractivity contribution in [3.8, 4) is 0 Å². The monoisotopic (exact) mass is 336 g/mol. The molecule has 2 saturated heterocycles. The largest absolute Gasteiger partial charge is 0.342 e. The standard InChI is InChI=1S/C18H28N2O2S/c21-16(14-6-3-7-14)19-10-8-18(9-11-19)20(12-13-23-18)17(22)15-4-1-2-5-15/h14-15H,1-13H2. The summed E-state index contributed by atoms with van der Waals surface area (Å²) < 4.78 is 0. The molecule has 4 nitrogen and oxygen atoms in total. The first-order chi connectivity index (χ1) is 11.2. The van der Waals surface area contributed by atoms with Crippen molar-refractivity contribution in [2.75, 3.05) is 25.4 Å². The number of rotatable bonds is 2. The molecule has 0 aromatic rings. The van der Waals surface area contributed by atoms with Crippen molar-refractivity contribution < 1.29 is 9.59 Å². The van der Waals surface area contributed by atoms with E-state index >= 15 is 0 Å². The van der Waals surface area contributed by atoms with Crippen molar-refractivity contribution in [2.24, 2.45) is 11.8 Å². The van der Waals surface area contributed by atoms with Gasteiger partial charge in [-0.2, -0.15) is 0 Å². The zero-order chi connectivity index (χ0) is 15.9. The molecule has 0 aromatic carbocycles. The zero-order valence-corrected chi connectivity index (χ0v) is 14.8. The van der Waals surface area contributed by atoms with E-state index in [1.807, 2.05) is 11.8 Å². The fourth-order valence-corrected chi connectivity index (χ4v) is 6.18. The highest BCUT2D eigenvalue weighted by atomic mass is 32.2. The second-order valence-corrected chi connectivity index (χ2v) is 9.18. The summed E-state index contributed by atoms with van der Waals surface area (Å²) in [7, 11) is 0. The van der Waals surface area contributed by atoms with Gasteiger partial charge in [-0.3, -0.25) is 9.59 Å². The molecule has 0 unspecified atom stereocenters. The summed E-state index contributed by atoms with van der Waals surface area (Å²) >= 11 is 1.97. The smallest absolute Gasteiger partial charge is 0.226 e.